The Morgan fingerprint density at radius 3 is 2.32 bits per heavy atom. The maximum absolute atomic E-state index is 13.2. The van der Waals surface area contributed by atoms with Crippen molar-refractivity contribution in [3.63, 3.8) is 0 Å². The molecule has 0 saturated carbocycles. The smallest absolute Gasteiger partial charge is 0.269 e. The second-order valence-corrected chi connectivity index (χ2v) is 8.07. The highest BCUT2D eigenvalue weighted by atomic mass is 16.6. The lowest BCUT2D eigenvalue weighted by Crippen LogP contribution is -2.48. The molecule has 1 saturated heterocycles. The van der Waals surface area contributed by atoms with Crippen molar-refractivity contribution in [2.24, 2.45) is 4.99 Å². The standard InChI is InChI=1S/C24H21N5O5/c1-14-12-28(13-15(2)34-14)24(31)20(11-25)21-18-5-3-4-6-19(18)22(26-21)27-23(30)16-7-9-17(10-8-16)29(32)33/h3-10,14-15H,12-13H2,1-2H3,(H,26,27,30)/b21-20-. The molecule has 10 nitrogen and oxygen atoms in total. The second-order valence-electron chi connectivity index (χ2n) is 8.07. The molecule has 2 aromatic rings. The van der Waals surface area contributed by atoms with Gasteiger partial charge in [0.2, 0.25) is 0 Å². The number of hydrogen-bond acceptors (Lipinski definition) is 7. The van der Waals surface area contributed by atoms with Crippen LogP contribution in [0.15, 0.2) is 59.1 Å². The highest BCUT2D eigenvalue weighted by molar-refractivity contribution is 6.20. The van der Waals surface area contributed by atoms with E-state index in [1.165, 1.54) is 24.3 Å². The van der Waals surface area contributed by atoms with Gasteiger partial charge in [0.05, 0.1) is 22.8 Å². The van der Waals surface area contributed by atoms with Crippen molar-refractivity contribution in [3.05, 3.63) is 80.9 Å². The van der Waals surface area contributed by atoms with E-state index in [4.69, 9.17) is 4.74 Å². The Morgan fingerprint density at radius 1 is 1.12 bits per heavy atom. The zero-order valence-corrected chi connectivity index (χ0v) is 18.5. The van der Waals surface area contributed by atoms with E-state index in [-0.39, 0.29) is 40.6 Å². The summed E-state index contributed by atoms with van der Waals surface area (Å²) in [5, 5.41) is 23.4. The topological polar surface area (TPSA) is 138 Å². The number of ether oxygens (including phenoxy) is 1. The minimum atomic E-state index is -0.549. The fourth-order valence-electron chi connectivity index (χ4n) is 4.03. The quantitative estimate of drug-likeness (QED) is 0.324. The van der Waals surface area contributed by atoms with Gasteiger partial charge in [-0.05, 0) is 26.0 Å². The molecule has 2 aromatic carbocycles. The number of benzene rings is 2. The minimum Gasteiger partial charge on any atom is -0.372 e. The number of carbonyl (C=O) groups is 2. The third kappa shape index (κ3) is 4.42. The van der Waals surface area contributed by atoms with Crippen LogP contribution in [-0.4, -0.2) is 52.8 Å². The predicted octanol–water partition coefficient (Wildman–Crippen LogP) is 2.66. The number of aliphatic imine (C=N–C) groups is 1. The molecule has 0 aliphatic carbocycles. The molecule has 172 valence electrons. The SMILES string of the molecule is CC1CN(C(=O)/C(C#N)=C2\N=C(NC(=O)c3ccc([N+](=O)[O-])cc3)c3ccccc32)CC(C)O1. The molecular formula is C24H21N5O5. The lowest BCUT2D eigenvalue weighted by Gasteiger charge is -2.35. The maximum Gasteiger partial charge on any atom is 0.269 e. The number of morpholine rings is 1. The van der Waals surface area contributed by atoms with Crippen LogP contribution in [0.1, 0.15) is 35.3 Å². The molecule has 1 N–H and O–H groups in total. The summed E-state index contributed by atoms with van der Waals surface area (Å²) in [7, 11) is 0. The summed E-state index contributed by atoms with van der Waals surface area (Å²) in [4.78, 5) is 42.3. The lowest BCUT2D eigenvalue weighted by molar-refractivity contribution is -0.384. The van der Waals surface area contributed by atoms with E-state index in [1.54, 1.807) is 29.2 Å². The molecule has 2 atom stereocenters. The third-order valence-electron chi connectivity index (χ3n) is 5.50. The molecule has 0 bridgehead atoms. The molecular weight excluding hydrogens is 438 g/mol. The van der Waals surface area contributed by atoms with E-state index in [1.807, 2.05) is 19.9 Å². The fourth-order valence-corrected chi connectivity index (χ4v) is 4.03. The number of nitro groups is 1. The Kier molecular flexibility index (Phi) is 6.21. The van der Waals surface area contributed by atoms with Gasteiger partial charge in [-0.3, -0.25) is 19.7 Å². The highest BCUT2D eigenvalue weighted by Gasteiger charge is 2.32. The van der Waals surface area contributed by atoms with Crippen LogP contribution >= 0.6 is 0 Å². The largest absolute Gasteiger partial charge is 0.372 e. The van der Waals surface area contributed by atoms with Crippen molar-refractivity contribution in [3.8, 4) is 6.07 Å². The Morgan fingerprint density at radius 2 is 1.74 bits per heavy atom. The monoisotopic (exact) mass is 459 g/mol. The summed E-state index contributed by atoms with van der Waals surface area (Å²) >= 11 is 0. The van der Waals surface area contributed by atoms with Crippen LogP contribution in [0.4, 0.5) is 5.69 Å². The molecule has 0 radical (unpaired) electrons. The van der Waals surface area contributed by atoms with Crippen LogP contribution in [0.5, 0.6) is 0 Å². The average Bonchev–Trinajstić information content (AvgIpc) is 3.17. The average molecular weight is 459 g/mol. The summed E-state index contributed by atoms with van der Waals surface area (Å²) in [5.41, 5.74) is 1.27. The third-order valence-corrected chi connectivity index (χ3v) is 5.50. The molecule has 4 rings (SSSR count). The van der Waals surface area contributed by atoms with Crippen LogP contribution in [0.25, 0.3) is 5.70 Å². The summed E-state index contributed by atoms with van der Waals surface area (Å²) in [6.07, 6.45) is -0.317. The van der Waals surface area contributed by atoms with Crippen LogP contribution in [-0.2, 0) is 9.53 Å². The lowest BCUT2D eigenvalue weighted by atomic mass is 10.0. The first-order valence-electron chi connectivity index (χ1n) is 10.6. The van der Waals surface area contributed by atoms with Crippen molar-refractivity contribution in [2.45, 2.75) is 26.1 Å². The molecule has 34 heavy (non-hydrogen) atoms. The summed E-state index contributed by atoms with van der Waals surface area (Å²) in [6.45, 7) is 4.45. The molecule has 2 aliphatic heterocycles. The molecule has 1 fully saturated rings. The van der Waals surface area contributed by atoms with E-state index in [0.29, 0.717) is 24.2 Å². The zero-order valence-electron chi connectivity index (χ0n) is 18.5. The van der Waals surface area contributed by atoms with E-state index in [2.05, 4.69) is 10.3 Å². The number of amidine groups is 1. The van der Waals surface area contributed by atoms with Gasteiger partial charge in [-0.15, -0.1) is 0 Å². The summed E-state index contributed by atoms with van der Waals surface area (Å²) < 4.78 is 5.68. The molecule has 2 amide bonds. The molecule has 2 heterocycles. The van der Waals surface area contributed by atoms with Gasteiger partial charge >= 0.3 is 0 Å². The van der Waals surface area contributed by atoms with E-state index in [9.17, 15) is 25.0 Å². The van der Waals surface area contributed by atoms with Crippen molar-refractivity contribution in [2.75, 3.05) is 13.1 Å². The molecule has 2 unspecified atom stereocenters. The van der Waals surface area contributed by atoms with Gasteiger partial charge < -0.3 is 15.0 Å². The van der Waals surface area contributed by atoms with Gasteiger partial charge in [0, 0.05) is 41.9 Å². The first kappa shape index (κ1) is 22.8. The molecule has 0 aromatic heterocycles. The molecule has 10 heteroatoms. The number of amides is 2. The highest BCUT2D eigenvalue weighted by Crippen LogP contribution is 2.31. The Hall–Kier alpha value is -4.36. The van der Waals surface area contributed by atoms with Gasteiger partial charge in [-0.1, -0.05) is 24.3 Å². The normalized spacial score (nSPS) is 20.6. The maximum atomic E-state index is 13.2. The van der Waals surface area contributed by atoms with Crippen molar-refractivity contribution in [1.82, 2.24) is 10.2 Å². The van der Waals surface area contributed by atoms with Crippen LogP contribution in [0.2, 0.25) is 0 Å². The number of nitriles is 1. The van der Waals surface area contributed by atoms with Crippen molar-refractivity contribution >= 4 is 29.0 Å². The van der Waals surface area contributed by atoms with Crippen molar-refractivity contribution < 1.29 is 19.2 Å². The fraction of sp³-hybridized carbons (Fsp3) is 0.250. The molecule has 0 spiro atoms. The first-order valence-corrected chi connectivity index (χ1v) is 10.6. The molecule has 2 aliphatic rings. The minimum absolute atomic E-state index is 0.117. The van der Waals surface area contributed by atoms with Gasteiger partial charge in [-0.25, -0.2) is 4.99 Å². The zero-order chi connectivity index (χ0) is 24.4. The Labute approximate surface area is 195 Å². The van der Waals surface area contributed by atoms with Gasteiger partial charge in [-0.2, -0.15) is 5.26 Å². The van der Waals surface area contributed by atoms with E-state index >= 15 is 0 Å². The number of hydrogen-bond donors (Lipinski definition) is 1. The van der Waals surface area contributed by atoms with Crippen LogP contribution in [0, 0.1) is 21.4 Å². The number of fused-ring (bicyclic) bond motifs is 1. The van der Waals surface area contributed by atoms with Gasteiger partial charge in [0.25, 0.3) is 17.5 Å². The van der Waals surface area contributed by atoms with Crippen LogP contribution in [0.3, 0.4) is 0 Å². The Bertz CT molecular complexity index is 1270. The number of carbonyl (C=O) groups excluding carboxylic acids is 2. The van der Waals surface area contributed by atoms with Gasteiger partial charge in [0.15, 0.2) is 0 Å². The predicted molar refractivity (Wildman–Crippen MR) is 123 cm³/mol. The number of rotatable bonds is 3. The number of non-ortho nitro benzene ring substituents is 1. The summed E-state index contributed by atoms with van der Waals surface area (Å²) in [6, 6.07) is 14.1. The second kappa shape index (κ2) is 9.25. The number of nitrogens with zero attached hydrogens (tertiary/aromatic N) is 4. The van der Waals surface area contributed by atoms with E-state index in [0.717, 1.165) is 0 Å². The van der Waals surface area contributed by atoms with Gasteiger partial charge in [0.1, 0.15) is 17.5 Å². The van der Waals surface area contributed by atoms with Crippen molar-refractivity contribution in [1.29, 1.82) is 5.26 Å². The van der Waals surface area contributed by atoms with E-state index < -0.39 is 16.7 Å². The first-order chi connectivity index (χ1) is 16.3. The number of nitrogens with one attached hydrogen (secondary N) is 1. The van der Waals surface area contributed by atoms with Crippen LogP contribution < -0.4 is 5.32 Å². The summed E-state index contributed by atoms with van der Waals surface area (Å²) in [5.74, 6) is -0.774. The number of nitro benzene ring substituents is 1. The Balaban J connectivity index is 1.67.